The van der Waals surface area contributed by atoms with Crippen LogP contribution in [0.3, 0.4) is 0 Å². The van der Waals surface area contributed by atoms with Crippen molar-refractivity contribution in [3.63, 3.8) is 0 Å². The molecule has 1 aliphatic heterocycles. The Balaban J connectivity index is 2.12. The van der Waals surface area contributed by atoms with Crippen LogP contribution >= 0.6 is 0 Å². The largest absolute Gasteiger partial charge is 0.332 e. The number of aryl methyl sites for hydroxylation is 1. The van der Waals surface area contributed by atoms with Crippen LogP contribution in [0, 0.1) is 12.7 Å². The Kier molecular flexibility index (Phi) is 2.46. The Labute approximate surface area is 100 Å². The lowest BCUT2D eigenvalue weighted by atomic mass is 10.1. The van der Waals surface area contributed by atoms with E-state index in [1.165, 1.54) is 18.9 Å². The first-order valence-electron chi connectivity index (χ1n) is 6.07. The van der Waals surface area contributed by atoms with E-state index in [1.54, 1.807) is 12.1 Å². The van der Waals surface area contributed by atoms with Gasteiger partial charge in [-0.2, -0.15) is 0 Å². The predicted octanol–water partition coefficient (Wildman–Crippen LogP) is 3.33. The smallest absolute Gasteiger partial charge is 0.123 e. The van der Waals surface area contributed by atoms with Crippen molar-refractivity contribution in [1.82, 2.24) is 9.55 Å². The fourth-order valence-corrected chi connectivity index (χ4v) is 2.54. The highest BCUT2D eigenvalue weighted by molar-refractivity contribution is 5.62. The molecule has 0 saturated heterocycles. The number of halogens is 1. The molecule has 17 heavy (non-hydrogen) atoms. The molecule has 0 N–H and O–H groups in total. The van der Waals surface area contributed by atoms with Crippen LogP contribution in [0.25, 0.3) is 11.3 Å². The van der Waals surface area contributed by atoms with Gasteiger partial charge in [0.2, 0.25) is 0 Å². The average Bonchev–Trinajstić information content (AvgIpc) is 2.68. The third-order valence-electron chi connectivity index (χ3n) is 3.43. The van der Waals surface area contributed by atoms with Crippen LogP contribution in [-0.2, 0) is 13.0 Å². The minimum atomic E-state index is -0.201. The molecule has 3 rings (SSSR count). The number of nitrogens with zero attached hydrogens (tertiary/aromatic N) is 2. The molecule has 0 radical (unpaired) electrons. The third kappa shape index (κ3) is 1.75. The Morgan fingerprint density at radius 2 is 2.18 bits per heavy atom. The first-order valence-corrected chi connectivity index (χ1v) is 6.07. The quantitative estimate of drug-likeness (QED) is 0.734. The van der Waals surface area contributed by atoms with Gasteiger partial charge in [-0.3, -0.25) is 0 Å². The number of benzene rings is 1. The molecular weight excluding hydrogens is 215 g/mol. The first kappa shape index (κ1) is 10.5. The molecule has 0 amide bonds. The second-order valence-corrected chi connectivity index (χ2v) is 4.58. The molecule has 2 nitrogen and oxygen atoms in total. The predicted molar refractivity (Wildman–Crippen MR) is 65.3 cm³/mol. The summed E-state index contributed by atoms with van der Waals surface area (Å²) < 4.78 is 15.5. The molecule has 2 aromatic rings. The van der Waals surface area contributed by atoms with E-state index in [1.807, 2.05) is 6.07 Å². The van der Waals surface area contributed by atoms with Gasteiger partial charge in [-0.05, 0) is 31.9 Å². The molecule has 0 bridgehead atoms. The Bertz CT molecular complexity index is 557. The summed E-state index contributed by atoms with van der Waals surface area (Å²) in [5, 5.41) is 0. The molecule has 88 valence electrons. The SMILES string of the molecule is Cc1c(-c2cccc(F)c2)nc2n1CCCC2. The van der Waals surface area contributed by atoms with Crippen LogP contribution in [0.15, 0.2) is 24.3 Å². The normalized spacial score (nSPS) is 14.7. The van der Waals surface area contributed by atoms with Gasteiger partial charge in [0.05, 0.1) is 5.69 Å². The number of hydrogen-bond donors (Lipinski definition) is 0. The topological polar surface area (TPSA) is 17.8 Å². The van der Waals surface area contributed by atoms with Crippen LogP contribution in [0.1, 0.15) is 24.4 Å². The number of fused-ring (bicyclic) bond motifs is 1. The van der Waals surface area contributed by atoms with Crippen molar-refractivity contribution in [2.24, 2.45) is 0 Å². The van der Waals surface area contributed by atoms with E-state index < -0.39 is 0 Å². The van der Waals surface area contributed by atoms with Crippen molar-refractivity contribution in [3.05, 3.63) is 41.6 Å². The standard InChI is InChI=1S/C14H15FN2/c1-10-14(11-5-4-6-12(15)9-11)16-13-7-2-3-8-17(10)13/h4-6,9H,2-3,7-8H2,1H3. The summed E-state index contributed by atoms with van der Waals surface area (Å²) >= 11 is 0. The van der Waals surface area contributed by atoms with Gasteiger partial charge in [-0.1, -0.05) is 12.1 Å². The summed E-state index contributed by atoms with van der Waals surface area (Å²) in [6.45, 7) is 3.12. The van der Waals surface area contributed by atoms with E-state index >= 15 is 0 Å². The fourth-order valence-electron chi connectivity index (χ4n) is 2.54. The number of rotatable bonds is 1. The van der Waals surface area contributed by atoms with Crippen LogP contribution in [0.2, 0.25) is 0 Å². The summed E-state index contributed by atoms with van der Waals surface area (Å²) in [5.41, 5.74) is 2.97. The van der Waals surface area contributed by atoms with Gasteiger partial charge in [0.15, 0.2) is 0 Å². The molecule has 0 spiro atoms. The Morgan fingerprint density at radius 1 is 1.29 bits per heavy atom. The van der Waals surface area contributed by atoms with Gasteiger partial charge in [-0.15, -0.1) is 0 Å². The molecule has 0 saturated carbocycles. The molecule has 0 aliphatic carbocycles. The number of aromatic nitrogens is 2. The maximum atomic E-state index is 13.2. The monoisotopic (exact) mass is 230 g/mol. The highest BCUT2D eigenvalue weighted by Crippen LogP contribution is 2.27. The second kappa shape index (κ2) is 3.99. The molecule has 0 fully saturated rings. The third-order valence-corrected chi connectivity index (χ3v) is 3.43. The summed E-state index contributed by atoms with van der Waals surface area (Å²) in [6, 6.07) is 6.68. The zero-order chi connectivity index (χ0) is 11.8. The van der Waals surface area contributed by atoms with Crippen molar-refractivity contribution < 1.29 is 4.39 Å². The molecule has 3 heteroatoms. The van der Waals surface area contributed by atoms with Crippen LogP contribution < -0.4 is 0 Å². The Hall–Kier alpha value is -1.64. The van der Waals surface area contributed by atoms with Crippen LogP contribution in [-0.4, -0.2) is 9.55 Å². The fraction of sp³-hybridized carbons (Fsp3) is 0.357. The Morgan fingerprint density at radius 3 is 2.94 bits per heavy atom. The van der Waals surface area contributed by atoms with Crippen molar-refractivity contribution in [3.8, 4) is 11.3 Å². The molecule has 1 aromatic heterocycles. The van der Waals surface area contributed by atoms with Crippen LogP contribution in [0.5, 0.6) is 0 Å². The average molecular weight is 230 g/mol. The molecule has 1 aromatic carbocycles. The lowest BCUT2D eigenvalue weighted by Gasteiger charge is -2.14. The number of hydrogen-bond acceptors (Lipinski definition) is 1. The van der Waals surface area contributed by atoms with Gasteiger partial charge < -0.3 is 4.57 Å². The van der Waals surface area contributed by atoms with E-state index in [0.29, 0.717) is 0 Å². The van der Waals surface area contributed by atoms with E-state index in [9.17, 15) is 4.39 Å². The van der Waals surface area contributed by atoms with E-state index in [0.717, 1.165) is 35.7 Å². The summed E-state index contributed by atoms with van der Waals surface area (Å²) in [6.07, 6.45) is 3.46. The lowest BCUT2D eigenvalue weighted by molar-refractivity contribution is 0.514. The molecule has 1 aliphatic rings. The summed E-state index contributed by atoms with van der Waals surface area (Å²) in [7, 11) is 0. The minimum absolute atomic E-state index is 0.201. The highest BCUT2D eigenvalue weighted by Gasteiger charge is 2.17. The maximum absolute atomic E-state index is 13.2. The molecule has 0 atom stereocenters. The molecule has 0 unspecified atom stereocenters. The summed E-state index contributed by atoms with van der Waals surface area (Å²) in [4.78, 5) is 4.66. The highest BCUT2D eigenvalue weighted by atomic mass is 19.1. The number of imidazole rings is 1. The zero-order valence-electron chi connectivity index (χ0n) is 9.91. The molecule has 2 heterocycles. The van der Waals surface area contributed by atoms with Crippen molar-refractivity contribution in [2.75, 3.05) is 0 Å². The van der Waals surface area contributed by atoms with Gasteiger partial charge in [0, 0.05) is 24.2 Å². The van der Waals surface area contributed by atoms with Crippen molar-refractivity contribution in [2.45, 2.75) is 32.7 Å². The van der Waals surface area contributed by atoms with Crippen molar-refractivity contribution >= 4 is 0 Å². The zero-order valence-corrected chi connectivity index (χ0v) is 9.91. The lowest BCUT2D eigenvalue weighted by Crippen LogP contribution is -2.11. The van der Waals surface area contributed by atoms with Gasteiger partial charge in [0.25, 0.3) is 0 Å². The van der Waals surface area contributed by atoms with Crippen LogP contribution in [0.4, 0.5) is 4.39 Å². The minimum Gasteiger partial charge on any atom is -0.332 e. The van der Waals surface area contributed by atoms with Gasteiger partial charge >= 0.3 is 0 Å². The second-order valence-electron chi connectivity index (χ2n) is 4.58. The first-order chi connectivity index (χ1) is 8.25. The summed E-state index contributed by atoms with van der Waals surface area (Å²) in [5.74, 6) is 0.945. The molecular formula is C14H15FN2. The van der Waals surface area contributed by atoms with Gasteiger partial charge in [0.1, 0.15) is 11.6 Å². The van der Waals surface area contributed by atoms with Crippen molar-refractivity contribution in [1.29, 1.82) is 0 Å². The van der Waals surface area contributed by atoms with E-state index in [2.05, 4.69) is 16.5 Å². The van der Waals surface area contributed by atoms with E-state index in [4.69, 9.17) is 0 Å². The van der Waals surface area contributed by atoms with Gasteiger partial charge in [-0.25, -0.2) is 9.37 Å². The van der Waals surface area contributed by atoms with E-state index in [-0.39, 0.29) is 5.82 Å². The maximum Gasteiger partial charge on any atom is 0.123 e.